The second-order valence-corrected chi connectivity index (χ2v) is 6.56. The number of nitrogens with one attached hydrogen (secondary N) is 2. The lowest BCUT2D eigenvalue weighted by Gasteiger charge is -2.32. The van der Waals surface area contributed by atoms with Crippen LogP contribution in [0.4, 0.5) is 10.1 Å². The lowest BCUT2D eigenvalue weighted by molar-refractivity contribution is 0.0164. The second-order valence-electron chi connectivity index (χ2n) is 6.12. The highest BCUT2D eigenvalue weighted by molar-refractivity contribution is 6.30. The first-order valence-corrected chi connectivity index (χ1v) is 8.61. The van der Waals surface area contributed by atoms with Crippen LogP contribution in [0.3, 0.4) is 0 Å². The second kappa shape index (κ2) is 7.03. The summed E-state index contributed by atoms with van der Waals surface area (Å²) in [4.78, 5) is 5.55. The minimum Gasteiger partial charge on any atom is -0.361 e. The molecule has 26 heavy (non-hydrogen) atoms. The van der Waals surface area contributed by atoms with Gasteiger partial charge in [0.1, 0.15) is 5.69 Å². The highest BCUT2D eigenvalue weighted by Gasteiger charge is 2.27. The first-order valence-electron chi connectivity index (χ1n) is 8.23. The zero-order valence-electron chi connectivity index (χ0n) is 13.8. The maximum atomic E-state index is 14.1. The molecule has 4 rings (SSSR count). The predicted octanol–water partition coefficient (Wildman–Crippen LogP) is 3.01. The Morgan fingerprint density at radius 2 is 2.19 bits per heavy atom. The van der Waals surface area contributed by atoms with Crippen molar-refractivity contribution >= 4 is 17.3 Å². The normalized spacial score (nSPS) is 15.5. The van der Waals surface area contributed by atoms with Crippen molar-refractivity contribution in [3.63, 3.8) is 0 Å². The Labute approximate surface area is 154 Å². The highest BCUT2D eigenvalue weighted by Crippen LogP contribution is 2.30. The zero-order valence-corrected chi connectivity index (χ0v) is 14.5. The summed E-state index contributed by atoms with van der Waals surface area (Å²) in [6.45, 7) is 1.07. The molecule has 3 heterocycles. The van der Waals surface area contributed by atoms with Crippen LogP contribution in [0.5, 0.6) is 0 Å². The number of fused-ring (bicyclic) bond motifs is 1. The van der Waals surface area contributed by atoms with Gasteiger partial charge in [-0.05, 0) is 30.3 Å². The number of aromatic nitrogens is 3. The van der Waals surface area contributed by atoms with Crippen LogP contribution < -0.4 is 5.32 Å². The fourth-order valence-corrected chi connectivity index (χ4v) is 3.32. The van der Waals surface area contributed by atoms with Gasteiger partial charge in [0.05, 0.1) is 5.56 Å². The molecule has 0 radical (unpaired) electrons. The molecule has 3 aromatic rings. The highest BCUT2D eigenvalue weighted by atomic mass is 35.5. The van der Waals surface area contributed by atoms with Gasteiger partial charge in [0.25, 0.3) is 0 Å². The van der Waals surface area contributed by atoms with Crippen LogP contribution in [-0.4, -0.2) is 38.1 Å². The van der Waals surface area contributed by atoms with Crippen LogP contribution in [0.15, 0.2) is 42.6 Å². The smallest absolute Gasteiger partial charge is 0.222 e. The maximum absolute atomic E-state index is 14.1. The molecular formula is C18H17ClFN5O. The van der Waals surface area contributed by atoms with E-state index < -0.39 is 12.3 Å². The van der Waals surface area contributed by atoms with Crippen molar-refractivity contribution in [3.05, 3.63) is 64.8 Å². The Morgan fingerprint density at radius 3 is 3.00 bits per heavy atom. The van der Waals surface area contributed by atoms with Crippen molar-refractivity contribution < 1.29 is 9.50 Å². The standard InChI is InChI=1S/C18H17ClFN5O/c19-11-3-1-4-12(9-11)22-18(26)25-8-6-15-14(10-25)16(24-23-15)13-5-2-7-21-17(13)20/h1-5,7,9,18,22,26H,6,8,10H2,(H,23,24). The number of benzene rings is 1. The largest absolute Gasteiger partial charge is 0.361 e. The van der Waals surface area contributed by atoms with Crippen LogP contribution in [0.2, 0.25) is 5.02 Å². The van der Waals surface area contributed by atoms with E-state index in [0.717, 1.165) is 16.9 Å². The SMILES string of the molecule is OC(Nc1cccc(Cl)c1)N1CCc2[nH]nc(-c3cccnc3F)c2C1. The topological polar surface area (TPSA) is 77.1 Å². The van der Waals surface area contributed by atoms with Gasteiger partial charge in [-0.25, -0.2) is 4.98 Å². The molecule has 1 atom stereocenters. The van der Waals surface area contributed by atoms with Crippen molar-refractivity contribution in [2.45, 2.75) is 19.3 Å². The molecule has 0 spiro atoms. The van der Waals surface area contributed by atoms with Crippen molar-refractivity contribution in [1.82, 2.24) is 20.1 Å². The van der Waals surface area contributed by atoms with E-state index in [1.807, 2.05) is 17.0 Å². The molecule has 134 valence electrons. The zero-order chi connectivity index (χ0) is 18.1. The first kappa shape index (κ1) is 17.0. The minimum absolute atomic E-state index is 0.351. The Balaban J connectivity index is 1.56. The summed E-state index contributed by atoms with van der Waals surface area (Å²) in [5.74, 6) is -0.559. The number of hydrogen-bond acceptors (Lipinski definition) is 5. The molecule has 0 saturated carbocycles. The molecule has 0 bridgehead atoms. The number of pyridine rings is 1. The molecule has 2 aromatic heterocycles. The molecule has 1 aliphatic heterocycles. The van der Waals surface area contributed by atoms with Gasteiger partial charge in [0.2, 0.25) is 5.95 Å². The lowest BCUT2D eigenvalue weighted by Crippen LogP contribution is -2.43. The minimum atomic E-state index is -0.900. The summed E-state index contributed by atoms with van der Waals surface area (Å²) < 4.78 is 14.1. The van der Waals surface area contributed by atoms with Crippen LogP contribution in [0.25, 0.3) is 11.3 Å². The monoisotopic (exact) mass is 373 g/mol. The average Bonchev–Trinajstić information content (AvgIpc) is 3.05. The van der Waals surface area contributed by atoms with E-state index in [1.54, 1.807) is 24.3 Å². The molecule has 0 fully saturated rings. The number of anilines is 1. The Morgan fingerprint density at radius 1 is 1.31 bits per heavy atom. The summed E-state index contributed by atoms with van der Waals surface area (Å²) in [5.41, 5.74) is 3.43. The number of rotatable bonds is 4. The van der Waals surface area contributed by atoms with Crippen LogP contribution in [0, 0.1) is 5.95 Å². The third kappa shape index (κ3) is 3.29. The van der Waals surface area contributed by atoms with Gasteiger partial charge in [0, 0.05) is 47.7 Å². The van der Waals surface area contributed by atoms with E-state index in [2.05, 4.69) is 20.5 Å². The molecule has 0 aliphatic carbocycles. The number of hydrogen-bond donors (Lipinski definition) is 3. The third-order valence-electron chi connectivity index (χ3n) is 4.44. The van der Waals surface area contributed by atoms with E-state index in [0.29, 0.717) is 35.8 Å². The van der Waals surface area contributed by atoms with Gasteiger partial charge >= 0.3 is 0 Å². The number of aliphatic hydroxyl groups is 1. The van der Waals surface area contributed by atoms with E-state index in [4.69, 9.17) is 11.6 Å². The lowest BCUT2D eigenvalue weighted by atomic mass is 10.0. The van der Waals surface area contributed by atoms with Crippen molar-refractivity contribution in [1.29, 1.82) is 0 Å². The summed E-state index contributed by atoms with van der Waals surface area (Å²) in [6.07, 6.45) is 1.18. The van der Waals surface area contributed by atoms with E-state index in [9.17, 15) is 9.50 Å². The Bertz CT molecular complexity index is 931. The molecule has 0 amide bonds. The van der Waals surface area contributed by atoms with Gasteiger partial charge < -0.3 is 10.4 Å². The molecule has 1 aliphatic rings. The van der Waals surface area contributed by atoms with Crippen molar-refractivity contribution in [2.24, 2.45) is 0 Å². The average molecular weight is 374 g/mol. The summed E-state index contributed by atoms with van der Waals surface area (Å²) in [5, 5.41) is 21.4. The van der Waals surface area contributed by atoms with Crippen LogP contribution in [0.1, 0.15) is 11.3 Å². The fraction of sp³-hybridized carbons (Fsp3) is 0.222. The van der Waals surface area contributed by atoms with E-state index >= 15 is 0 Å². The first-order chi connectivity index (χ1) is 12.6. The van der Waals surface area contributed by atoms with Crippen LogP contribution >= 0.6 is 11.6 Å². The quantitative estimate of drug-likeness (QED) is 0.484. The predicted molar refractivity (Wildman–Crippen MR) is 97.0 cm³/mol. The third-order valence-corrected chi connectivity index (χ3v) is 4.68. The molecular weight excluding hydrogens is 357 g/mol. The van der Waals surface area contributed by atoms with Gasteiger partial charge in [-0.15, -0.1) is 0 Å². The molecule has 1 aromatic carbocycles. The number of aromatic amines is 1. The number of halogens is 2. The number of nitrogens with zero attached hydrogens (tertiary/aromatic N) is 3. The molecule has 6 nitrogen and oxygen atoms in total. The van der Waals surface area contributed by atoms with Gasteiger partial charge in [-0.2, -0.15) is 9.49 Å². The molecule has 1 unspecified atom stereocenters. The number of aliphatic hydroxyl groups excluding tert-OH is 1. The Hall–Kier alpha value is -2.48. The van der Waals surface area contributed by atoms with Gasteiger partial charge in [-0.1, -0.05) is 17.7 Å². The molecule has 3 N–H and O–H groups in total. The summed E-state index contributed by atoms with van der Waals surface area (Å²) in [7, 11) is 0. The van der Waals surface area contributed by atoms with E-state index in [1.165, 1.54) is 6.20 Å². The van der Waals surface area contributed by atoms with E-state index in [-0.39, 0.29) is 0 Å². The fourth-order valence-electron chi connectivity index (χ4n) is 3.13. The molecule has 8 heteroatoms. The van der Waals surface area contributed by atoms with Gasteiger partial charge in [-0.3, -0.25) is 10.00 Å². The van der Waals surface area contributed by atoms with Gasteiger partial charge in [0.15, 0.2) is 6.35 Å². The van der Waals surface area contributed by atoms with Crippen molar-refractivity contribution in [3.8, 4) is 11.3 Å². The summed E-state index contributed by atoms with van der Waals surface area (Å²) in [6, 6.07) is 10.5. The summed E-state index contributed by atoms with van der Waals surface area (Å²) >= 11 is 5.98. The maximum Gasteiger partial charge on any atom is 0.222 e. The van der Waals surface area contributed by atoms with Crippen molar-refractivity contribution in [2.75, 3.05) is 11.9 Å². The van der Waals surface area contributed by atoms with Crippen LogP contribution in [-0.2, 0) is 13.0 Å². The Kier molecular flexibility index (Phi) is 4.58. The molecule has 0 saturated heterocycles. The number of H-pyrrole nitrogens is 1.